The van der Waals surface area contributed by atoms with E-state index in [0.29, 0.717) is 0 Å². The second kappa shape index (κ2) is 6.74. The molecule has 0 saturated carbocycles. The van der Waals surface area contributed by atoms with Gasteiger partial charge in [-0.3, -0.25) is 9.59 Å². The highest BCUT2D eigenvalue weighted by molar-refractivity contribution is 6.07. The summed E-state index contributed by atoms with van der Waals surface area (Å²) in [5, 5.41) is 18.7. The summed E-state index contributed by atoms with van der Waals surface area (Å²) in [6, 6.07) is 5.53. The zero-order chi connectivity index (χ0) is 18.7. The van der Waals surface area contributed by atoms with Gasteiger partial charge in [0.05, 0.1) is 0 Å². The number of rotatable bonds is 6. The third-order valence-electron chi connectivity index (χ3n) is 3.18. The van der Waals surface area contributed by atoms with E-state index < -0.39 is 47.0 Å². The maximum Gasteiger partial charge on any atom is 0.342 e. The van der Waals surface area contributed by atoms with Gasteiger partial charge in [0, 0.05) is 5.56 Å². The van der Waals surface area contributed by atoms with Gasteiger partial charge in [0.2, 0.25) is 0 Å². The predicted molar refractivity (Wildman–Crippen MR) is 85.5 cm³/mol. The van der Waals surface area contributed by atoms with Crippen LogP contribution in [0.15, 0.2) is 29.1 Å². The van der Waals surface area contributed by atoms with Crippen LogP contribution in [0.1, 0.15) is 20.7 Å². The Morgan fingerprint density at radius 2 is 1.76 bits per heavy atom. The molecule has 10 nitrogen and oxygen atoms in total. The van der Waals surface area contributed by atoms with Crippen molar-refractivity contribution < 1.29 is 29.3 Å². The molecule has 1 aromatic carbocycles. The van der Waals surface area contributed by atoms with E-state index in [1.54, 1.807) is 0 Å². The number of pyridine rings is 1. The first-order valence-electron chi connectivity index (χ1n) is 6.76. The van der Waals surface area contributed by atoms with Crippen LogP contribution in [0.4, 0.5) is 5.82 Å². The van der Waals surface area contributed by atoms with Gasteiger partial charge < -0.3 is 31.4 Å². The van der Waals surface area contributed by atoms with Gasteiger partial charge in [-0.1, -0.05) is 12.1 Å². The molecule has 2 rings (SSSR count). The number of carboxylic acids is 2. The molecular formula is C15H13N3O7. The molecule has 0 fully saturated rings. The Morgan fingerprint density at radius 3 is 2.32 bits per heavy atom. The maximum absolute atomic E-state index is 11.9. The lowest BCUT2D eigenvalue weighted by Crippen LogP contribution is -2.24. The van der Waals surface area contributed by atoms with Crippen LogP contribution in [-0.4, -0.2) is 39.6 Å². The van der Waals surface area contributed by atoms with Crippen molar-refractivity contribution in [3.8, 4) is 16.9 Å². The van der Waals surface area contributed by atoms with Crippen molar-refractivity contribution in [3.05, 3.63) is 45.7 Å². The summed E-state index contributed by atoms with van der Waals surface area (Å²) in [5.74, 6) is -4.23. The molecule has 1 aromatic heterocycles. The summed E-state index contributed by atoms with van der Waals surface area (Å²) in [6.45, 7) is -0.432. The van der Waals surface area contributed by atoms with E-state index in [1.165, 1.54) is 24.3 Å². The lowest BCUT2D eigenvalue weighted by atomic mass is 9.95. The maximum atomic E-state index is 11.9. The number of amides is 1. The van der Waals surface area contributed by atoms with Crippen LogP contribution in [0.2, 0.25) is 0 Å². The predicted octanol–water partition coefficient (Wildman–Crippen LogP) is -0.115. The number of H-pyrrole nitrogens is 1. The summed E-state index contributed by atoms with van der Waals surface area (Å²) in [4.78, 5) is 47.7. The first-order valence-corrected chi connectivity index (χ1v) is 6.76. The highest BCUT2D eigenvalue weighted by Crippen LogP contribution is 2.31. The zero-order valence-electron chi connectivity index (χ0n) is 12.6. The Labute approximate surface area is 139 Å². The van der Waals surface area contributed by atoms with Gasteiger partial charge >= 0.3 is 11.9 Å². The molecule has 0 bridgehead atoms. The van der Waals surface area contributed by atoms with E-state index >= 15 is 0 Å². The minimum absolute atomic E-state index is 0.0644. The molecule has 130 valence electrons. The average Bonchev–Trinajstić information content (AvgIpc) is 2.51. The van der Waals surface area contributed by atoms with Gasteiger partial charge in [-0.2, -0.15) is 0 Å². The number of nitrogens with one attached hydrogen (secondary N) is 1. The van der Waals surface area contributed by atoms with E-state index in [9.17, 15) is 29.4 Å². The highest BCUT2D eigenvalue weighted by atomic mass is 16.5. The molecule has 0 saturated heterocycles. The van der Waals surface area contributed by atoms with Crippen LogP contribution in [0.5, 0.6) is 5.75 Å². The summed E-state index contributed by atoms with van der Waals surface area (Å²) in [5.41, 5.74) is 7.82. The molecule has 0 atom stereocenters. The fourth-order valence-corrected chi connectivity index (χ4v) is 2.23. The van der Waals surface area contributed by atoms with E-state index in [0.717, 1.165) is 0 Å². The third-order valence-corrected chi connectivity index (χ3v) is 3.18. The minimum atomic E-state index is -1.62. The number of hydrogen-bond acceptors (Lipinski definition) is 6. The monoisotopic (exact) mass is 347 g/mol. The Morgan fingerprint density at radius 1 is 1.12 bits per heavy atom. The van der Waals surface area contributed by atoms with Crippen LogP contribution in [0.25, 0.3) is 11.1 Å². The van der Waals surface area contributed by atoms with Crippen molar-refractivity contribution in [2.75, 3.05) is 12.3 Å². The molecule has 10 heteroatoms. The van der Waals surface area contributed by atoms with Gasteiger partial charge in [0.25, 0.3) is 11.5 Å². The summed E-state index contributed by atoms with van der Waals surface area (Å²) in [7, 11) is 0. The fraction of sp³-hybridized carbons (Fsp3) is 0.0667. The standard InChI is InChI=1S/C15H13N3O7/c16-8(19)5-25-7-3-1-2-6(4-7)9-10(14(21)22)12(17)18-13(20)11(9)15(23)24/h1-4H,5H2,(H2,16,19)(H,21,22)(H,23,24)(H3,17,18,20). The Hall–Kier alpha value is -3.82. The van der Waals surface area contributed by atoms with Gasteiger partial charge in [-0.05, 0) is 17.7 Å². The van der Waals surface area contributed by atoms with Crippen LogP contribution >= 0.6 is 0 Å². The van der Waals surface area contributed by atoms with Crippen molar-refractivity contribution in [2.24, 2.45) is 5.73 Å². The molecule has 0 aliphatic carbocycles. The molecule has 1 heterocycles. The van der Waals surface area contributed by atoms with E-state index in [1.807, 2.05) is 4.98 Å². The number of nitrogen functional groups attached to an aromatic ring is 1. The van der Waals surface area contributed by atoms with Crippen LogP contribution in [-0.2, 0) is 4.79 Å². The van der Waals surface area contributed by atoms with Gasteiger partial charge in [-0.25, -0.2) is 9.59 Å². The molecule has 0 aliphatic rings. The highest BCUT2D eigenvalue weighted by Gasteiger charge is 2.26. The number of carbonyl (C=O) groups excluding carboxylic acids is 1. The average molecular weight is 347 g/mol. The summed E-state index contributed by atoms with van der Waals surface area (Å²) < 4.78 is 5.10. The van der Waals surface area contributed by atoms with Crippen LogP contribution in [0.3, 0.4) is 0 Å². The summed E-state index contributed by atoms with van der Waals surface area (Å²) in [6.07, 6.45) is 0. The van der Waals surface area contributed by atoms with Crippen LogP contribution in [0, 0.1) is 0 Å². The smallest absolute Gasteiger partial charge is 0.342 e. The molecular weight excluding hydrogens is 334 g/mol. The Kier molecular flexibility index (Phi) is 4.73. The topological polar surface area (TPSA) is 186 Å². The number of anilines is 1. The SMILES string of the molecule is NC(=O)COc1cccc(-c2c(C(=O)O)c(N)[nH]c(=O)c2C(=O)O)c1. The van der Waals surface area contributed by atoms with Gasteiger partial charge in [0.1, 0.15) is 22.7 Å². The molecule has 25 heavy (non-hydrogen) atoms. The largest absolute Gasteiger partial charge is 0.484 e. The molecule has 0 unspecified atom stereocenters. The lowest BCUT2D eigenvalue weighted by Gasteiger charge is -2.13. The fourth-order valence-electron chi connectivity index (χ4n) is 2.23. The molecule has 2 aromatic rings. The number of carbonyl (C=O) groups is 3. The number of benzene rings is 1. The molecule has 0 spiro atoms. The minimum Gasteiger partial charge on any atom is -0.484 e. The van der Waals surface area contributed by atoms with Crippen LogP contribution < -0.4 is 21.8 Å². The normalized spacial score (nSPS) is 10.2. The Bertz CT molecular complexity index is 933. The van der Waals surface area contributed by atoms with Gasteiger partial charge in [0.15, 0.2) is 6.61 Å². The number of carboxylic acid groups (broad SMARTS) is 2. The number of aromatic carboxylic acids is 2. The number of aromatic nitrogens is 1. The number of nitrogens with two attached hydrogens (primary N) is 2. The lowest BCUT2D eigenvalue weighted by molar-refractivity contribution is -0.119. The molecule has 1 amide bonds. The van der Waals surface area contributed by atoms with Crippen molar-refractivity contribution in [1.82, 2.24) is 4.98 Å². The second-order valence-electron chi connectivity index (χ2n) is 4.89. The first kappa shape index (κ1) is 17.5. The Balaban J connectivity index is 2.75. The molecule has 7 N–H and O–H groups in total. The second-order valence-corrected chi connectivity index (χ2v) is 4.89. The summed E-state index contributed by atoms with van der Waals surface area (Å²) >= 11 is 0. The number of aromatic amines is 1. The molecule has 0 radical (unpaired) electrons. The van der Waals surface area contributed by atoms with E-state index in [2.05, 4.69) is 0 Å². The van der Waals surface area contributed by atoms with E-state index in [4.69, 9.17) is 16.2 Å². The zero-order valence-corrected chi connectivity index (χ0v) is 12.6. The van der Waals surface area contributed by atoms with Gasteiger partial charge in [-0.15, -0.1) is 0 Å². The van der Waals surface area contributed by atoms with Crippen molar-refractivity contribution in [3.63, 3.8) is 0 Å². The molecule has 0 aliphatic heterocycles. The number of hydrogen-bond donors (Lipinski definition) is 5. The quantitative estimate of drug-likeness (QED) is 0.478. The number of ether oxygens (including phenoxy) is 1. The number of primary amides is 1. The van der Waals surface area contributed by atoms with Crippen molar-refractivity contribution in [2.45, 2.75) is 0 Å². The van der Waals surface area contributed by atoms with E-state index in [-0.39, 0.29) is 16.9 Å². The van der Waals surface area contributed by atoms with Crippen molar-refractivity contribution >= 4 is 23.7 Å². The third kappa shape index (κ3) is 3.58. The first-order chi connectivity index (χ1) is 11.7. The van der Waals surface area contributed by atoms with Crippen molar-refractivity contribution in [1.29, 1.82) is 0 Å².